The quantitative estimate of drug-likeness (QED) is 0.467. The Balaban J connectivity index is 1.64. The molecule has 1 heterocycles. The van der Waals surface area contributed by atoms with E-state index in [0.29, 0.717) is 5.56 Å². The fourth-order valence-corrected chi connectivity index (χ4v) is 2.90. The number of rotatable bonds is 9. The van der Waals surface area contributed by atoms with Crippen molar-refractivity contribution in [3.05, 3.63) is 35.4 Å². The van der Waals surface area contributed by atoms with Gasteiger partial charge in [-0.05, 0) is 43.6 Å². The van der Waals surface area contributed by atoms with E-state index in [4.69, 9.17) is 10.5 Å². The van der Waals surface area contributed by atoms with Crippen LogP contribution in [-0.2, 0) is 20.8 Å². The number of ether oxygens (including phenoxy) is 2. The van der Waals surface area contributed by atoms with Crippen molar-refractivity contribution in [2.75, 3.05) is 39.5 Å². The zero-order valence-corrected chi connectivity index (χ0v) is 16.0. The van der Waals surface area contributed by atoms with Crippen molar-refractivity contribution < 1.29 is 32.2 Å². The van der Waals surface area contributed by atoms with Gasteiger partial charge in [-0.15, -0.1) is 0 Å². The Kier molecular flexibility index (Phi) is 8.87. The molecule has 0 atom stereocenters. The van der Waals surface area contributed by atoms with E-state index in [2.05, 4.69) is 15.0 Å². The smallest absolute Gasteiger partial charge is 0.457 e. The van der Waals surface area contributed by atoms with Crippen LogP contribution in [0.5, 0.6) is 0 Å². The van der Waals surface area contributed by atoms with Gasteiger partial charge in [-0.3, -0.25) is 9.69 Å². The Labute approximate surface area is 167 Å². The summed E-state index contributed by atoms with van der Waals surface area (Å²) in [6.07, 6.45) is -3.07. The van der Waals surface area contributed by atoms with Gasteiger partial charge in [0.05, 0.1) is 13.2 Å². The number of likely N-dealkylation sites (tertiary alicyclic amines) is 1. The maximum atomic E-state index is 12.2. The van der Waals surface area contributed by atoms with Crippen molar-refractivity contribution >= 4 is 11.9 Å². The maximum absolute atomic E-state index is 12.2. The number of benzene rings is 1. The van der Waals surface area contributed by atoms with Crippen LogP contribution in [0.15, 0.2) is 24.3 Å². The zero-order chi connectivity index (χ0) is 21.3. The molecular weight excluding hydrogens is 391 g/mol. The summed E-state index contributed by atoms with van der Waals surface area (Å²) in [7, 11) is 0. The lowest BCUT2D eigenvalue weighted by molar-refractivity contribution is -0.200. The number of nitrogens with one attached hydrogen (secondary N) is 1. The highest BCUT2D eigenvalue weighted by Crippen LogP contribution is 2.16. The molecule has 0 aromatic heterocycles. The van der Waals surface area contributed by atoms with E-state index >= 15 is 0 Å². The minimum absolute atomic E-state index is 0.0863. The first-order valence-electron chi connectivity index (χ1n) is 9.42. The maximum Gasteiger partial charge on any atom is 0.490 e. The molecule has 0 saturated carbocycles. The molecule has 0 radical (unpaired) electrons. The molecule has 0 bridgehead atoms. The normalized spacial score (nSPS) is 15.9. The molecule has 1 aliphatic heterocycles. The Morgan fingerprint density at radius 3 is 2.59 bits per heavy atom. The van der Waals surface area contributed by atoms with Crippen LogP contribution in [0.1, 0.15) is 28.8 Å². The summed E-state index contributed by atoms with van der Waals surface area (Å²) >= 11 is 0. The molecule has 1 aliphatic rings. The molecule has 0 unspecified atom stereocenters. The van der Waals surface area contributed by atoms with Gasteiger partial charge in [0.1, 0.15) is 6.61 Å². The number of alkyl halides is 3. The molecule has 1 saturated heterocycles. The third-order valence-corrected chi connectivity index (χ3v) is 4.45. The van der Waals surface area contributed by atoms with Gasteiger partial charge in [-0.2, -0.15) is 13.2 Å². The largest absolute Gasteiger partial charge is 0.490 e. The number of piperidine rings is 1. The van der Waals surface area contributed by atoms with Gasteiger partial charge in [0.25, 0.3) is 5.91 Å². The van der Waals surface area contributed by atoms with Crippen LogP contribution in [0.4, 0.5) is 13.2 Å². The van der Waals surface area contributed by atoms with Gasteiger partial charge < -0.3 is 20.5 Å². The predicted octanol–water partition coefficient (Wildman–Crippen LogP) is 1.46. The highest BCUT2D eigenvalue weighted by atomic mass is 19.4. The van der Waals surface area contributed by atoms with Gasteiger partial charge in [-0.25, -0.2) is 4.79 Å². The van der Waals surface area contributed by atoms with Crippen LogP contribution in [0, 0.1) is 0 Å². The molecule has 1 aromatic rings. The summed E-state index contributed by atoms with van der Waals surface area (Å²) in [5.74, 6) is -2.51. The first kappa shape index (κ1) is 23.1. The monoisotopic (exact) mass is 417 g/mol. The Hall–Kier alpha value is -2.17. The van der Waals surface area contributed by atoms with E-state index in [-0.39, 0.29) is 31.7 Å². The average molecular weight is 417 g/mol. The predicted molar refractivity (Wildman–Crippen MR) is 99.1 cm³/mol. The van der Waals surface area contributed by atoms with Crippen LogP contribution < -0.4 is 11.1 Å². The highest BCUT2D eigenvalue weighted by Gasteiger charge is 2.40. The number of halogens is 3. The van der Waals surface area contributed by atoms with Gasteiger partial charge >= 0.3 is 12.1 Å². The topological polar surface area (TPSA) is 93.9 Å². The summed E-state index contributed by atoms with van der Waals surface area (Å²) < 4.78 is 44.8. The molecule has 2 rings (SSSR count). The molecule has 7 nitrogen and oxygen atoms in total. The summed E-state index contributed by atoms with van der Waals surface area (Å²) in [5, 5.41) is 2.68. The van der Waals surface area contributed by atoms with E-state index in [1.807, 2.05) is 18.2 Å². The molecule has 1 amide bonds. The number of amides is 1. The third-order valence-electron chi connectivity index (χ3n) is 4.45. The van der Waals surface area contributed by atoms with Crippen molar-refractivity contribution in [1.29, 1.82) is 0 Å². The van der Waals surface area contributed by atoms with Crippen molar-refractivity contribution in [2.24, 2.45) is 5.73 Å². The second-order valence-electron chi connectivity index (χ2n) is 6.82. The van der Waals surface area contributed by atoms with E-state index in [0.717, 1.165) is 38.0 Å². The van der Waals surface area contributed by atoms with Crippen molar-refractivity contribution in [3.63, 3.8) is 0 Å². The van der Waals surface area contributed by atoms with Gasteiger partial charge in [-0.1, -0.05) is 12.1 Å². The van der Waals surface area contributed by atoms with E-state index < -0.39 is 18.8 Å². The number of carbonyl (C=O) groups excluding carboxylic acids is 2. The lowest BCUT2D eigenvalue weighted by atomic mass is 10.0. The molecule has 0 aliphatic carbocycles. The van der Waals surface area contributed by atoms with Crippen LogP contribution in [-0.4, -0.2) is 68.4 Å². The molecule has 0 spiro atoms. The molecule has 162 valence electrons. The average Bonchev–Trinajstić information content (AvgIpc) is 2.68. The Morgan fingerprint density at radius 2 is 1.90 bits per heavy atom. The van der Waals surface area contributed by atoms with Crippen LogP contribution in [0.2, 0.25) is 0 Å². The zero-order valence-electron chi connectivity index (χ0n) is 16.0. The second kappa shape index (κ2) is 11.1. The Morgan fingerprint density at radius 1 is 1.17 bits per heavy atom. The fraction of sp³-hybridized carbons (Fsp3) is 0.579. The number of esters is 1. The van der Waals surface area contributed by atoms with Crippen LogP contribution >= 0.6 is 0 Å². The molecular formula is C19H26F3N3O4. The van der Waals surface area contributed by atoms with Crippen LogP contribution in [0.25, 0.3) is 0 Å². The highest BCUT2D eigenvalue weighted by molar-refractivity contribution is 5.94. The minimum atomic E-state index is -5.01. The summed E-state index contributed by atoms with van der Waals surface area (Å²) in [5.41, 5.74) is 7.47. The third kappa shape index (κ3) is 8.38. The molecule has 10 heteroatoms. The molecule has 1 aromatic carbocycles. The van der Waals surface area contributed by atoms with Crippen LogP contribution in [0.3, 0.4) is 0 Å². The standard InChI is InChI=1S/C19H26F3N3O4/c20-19(21,22)18(27)29-11-10-28-9-6-24-17(26)15-3-1-2-14(12-15)13-25-7-4-16(23)5-8-25/h1-3,12,16H,4-11,13,23H2,(H,24,26). The van der Waals surface area contributed by atoms with Gasteiger partial charge in [0, 0.05) is 24.7 Å². The molecule has 3 N–H and O–H groups in total. The van der Waals surface area contributed by atoms with Crippen molar-refractivity contribution in [2.45, 2.75) is 31.6 Å². The molecule has 29 heavy (non-hydrogen) atoms. The number of nitrogens with two attached hydrogens (primary N) is 1. The SMILES string of the molecule is NC1CCN(Cc2cccc(C(=O)NCCOCCOC(=O)C(F)(F)F)c2)CC1. The summed E-state index contributed by atoms with van der Waals surface area (Å²) in [4.78, 5) is 25.0. The first-order chi connectivity index (χ1) is 13.8. The summed E-state index contributed by atoms with van der Waals surface area (Å²) in [6, 6.07) is 7.61. The van der Waals surface area contributed by atoms with E-state index in [9.17, 15) is 22.8 Å². The molecule has 1 fully saturated rings. The van der Waals surface area contributed by atoms with Gasteiger partial charge in [0.2, 0.25) is 0 Å². The summed E-state index contributed by atoms with van der Waals surface area (Å²) in [6.45, 7) is 2.21. The Bertz CT molecular complexity index is 677. The van der Waals surface area contributed by atoms with Crippen molar-refractivity contribution in [1.82, 2.24) is 10.2 Å². The van der Waals surface area contributed by atoms with E-state index in [1.165, 1.54) is 0 Å². The van der Waals surface area contributed by atoms with E-state index in [1.54, 1.807) is 6.07 Å². The number of nitrogens with zero attached hydrogens (tertiary/aromatic N) is 1. The lowest BCUT2D eigenvalue weighted by Gasteiger charge is -2.30. The first-order valence-corrected chi connectivity index (χ1v) is 9.42. The van der Waals surface area contributed by atoms with Crippen molar-refractivity contribution in [3.8, 4) is 0 Å². The fourth-order valence-electron chi connectivity index (χ4n) is 2.90. The lowest BCUT2D eigenvalue weighted by Crippen LogP contribution is -2.39. The number of carbonyl (C=O) groups is 2. The van der Waals surface area contributed by atoms with Gasteiger partial charge in [0.15, 0.2) is 0 Å². The number of hydrogen-bond donors (Lipinski definition) is 2. The minimum Gasteiger partial charge on any atom is -0.457 e. The second-order valence-corrected chi connectivity index (χ2v) is 6.82. The number of hydrogen-bond acceptors (Lipinski definition) is 6.